The Labute approximate surface area is 198 Å². The van der Waals surface area contributed by atoms with Gasteiger partial charge in [-0.2, -0.15) is 0 Å². The molecule has 8 heteroatoms. The summed E-state index contributed by atoms with van der Waals surface area (Å²) in [5.41, 5.74) is 0.531. The maximum atomic E-state index is 13.4. The largest absolute Gasteiger partial charge is 0.353 e. The second kappa shape index (κ2) is 10.7. The first-order valence-electron chi connectivity index (χ1n) is 13.1. The first-order chi connectivity index (χ1) is 15.8. The lowest BCUT2D eigenvalue weighted by molar-refractivity contribution is -0.128. The van der Waals surface area contributed by atoms with Crippen LogP contribution in [0.2, 0.25) is 0 Å². The van der Waals surface area contributed by atoms with Gasteiger partial charge in [0.15, 0.2) is 0 Å². The molecule has 0 bridgehead atoms. The summed E-state index contributed by atoms with van der Waals surface area (Å²) in [5, 5.41) is 22.4. The third-order valence-electron chi connectivity index (χ3n) is 8.33. The van der Waals surface area contributed by atoms with Crippen LogP contribution in [0.3, 0.4) is 0 Å². The molecule has 7 unspecified atom stereocenters. The molecule has 186 valence electrons. The van der Waals surface area contributed by atoms with Gasteiger partial charge in [-0.25, -0.2) is 0 Å². The van der Waals surface area contributed by atoms with E-state index in [0.29, 0.717) is 48.0 Å². The Morgan fingerprint density at radius 3 is 2.55 bits per heavy atom. The quantitative estimate of drug-likeness (QED) is 0.446. The minimum atomic E-state index is 0.0554. The highest BCUT2D eigenvalue weighted by Crippen LogP contribution is 2.41. The Morgan fingerprint density at radius 2 is 1.88 bits per heavy atom. The van der Waals surface area contributed by atoms with Crippen LogP contribution >= 0.6 is 0 Å². The van der Waals surface area contributed by atoms with E-state index in [4.69, 9.17) is 5.41 Å². The first-order valence-corrected chi connectivity index (χ1v) is 13.1. The average Bonchev–Trinajstić information content (AvgIpc) is 3.09. The monoisotopic (exact) mass is 459 g/mol. The lowest BCUT2D eigenvalue weighted by Gasteiger charge is -2.43. The highest BCUT2D eigenvalue weighted by atomic mass is 16.1. The average molecular weight is 460 g/mol. The van der Waals surface area contributed by atoms with Gasteiger partial charge < -0.3 is 19.8 Å². The molecule has 3 heterocycles. The van der Waals surface area contributed by atoms with E-state index in [1.54, 1.807) is 0 Å². The molecule has 3 aliphatic rings. The van der Waals surface area contributed by atoms with Gasteiger partial charge in [0.25, 0.3) is 0 Å². The molecule has 1 amide bonds. The Bertz CT molecular complexity index is 838. The van der Waals surface area contributed by atoms with E-state index < -0.39 is 0 Å². The topological polar surface area (TPSA) is 98.9 Å². The van der Waals surface area contributed by atoms with E-state index in [-0.39, 0.29) is 18.0 Å². The van der Waals surface area contributed by atoms with E-state index in [1.807, 2.05) is 28.6 Å². The van der Waals surface area contributed by atoms with Gasteiger partial charge in [0.2, 0.25) is 11.5 Å². The Hall–Kier alpha value is -1.64. The standard InChI is InChI=1S/C25H45N7O/c1-16-10-17(2)30-23(29-16)14-28-24(33)21-12-19(15-32-9-8-31(4)25(32)26)11-20(13-21)22-6-5-7-27-18(22)3/h8-9,16-23,26-27,29-30H,5-7,10-15H2,1-4H3,(H,28,33). The minimum absolute atomic E-state index is 0.0554. The zero-order valence-corrected chi connectivity index (χ0v) is 20.9. The van der Waals surface area contributed by atoms with Crippen molar-refractivity contribution < 1.29 is 4.79 Å². The lowest BCUT2D eigenvalue weighted by Crippen LogP contribution is -2.60. The van der Waals surface area contributed by atoms with Crippen molar-refractivity contribution in [3.05, 3.63) is 18.0 Å². The number of nitrogens with one attached hydrogen (secondary N) is 5. The highest BCUT2D eigenvalue weighted by Gasteiger charge is 2.39. The van der Waals surface area contributed by atoms with Gasteiger partial charge in [0, 0.05) is 56.6 Å². The molecule has 4 rings (SSSR count). The number of hydrogen-bond acceptors (Lipinski definition) is 5. The van der Waals surface area contributed by atoms with Crippen LogP contribution in [0.1, 0.15) is 59.3 Å². The molecule has 2 saturated heterocycles. The number of amides is 1. The molecule has 0 radical (unpaired) electrons. The van der Waals surface area contributed by atoms with Crippen LogP contribution in [0, 0.1) is 29.1 Å². The van der Waals surface area contributed by atoms with Gasteiger partial charge in [-0.3, -0.25) is 20.8 Å². The summed E-state index contributed by atoms with van der Waals surface area (Å²) in [6, 6.07) is 1.45. The molecular formula is C25H45N7O. The molecule has 2 aliphatic heterocycles. The van der Waals surface area contributed by atoms with Gasteiger partial charge >= 0.3 is 0 Å². The number of aryl methyl sites for hydroxylation is 1. The number of rotatable bonds is 6. The van der Waals surface area contributed by atoms with E-state index in [1.165, 1.54) is 12.8 Å². The van der Waals surface area contributed by atoms with Crippen LogP contribution in [0.5, 0.6) is 0 Å². The molecule has 1 aromatic rings. The molecule has 7 atom stereocenters. The van der Waals surface area contributed by atoms with Crippen molar-refractivity contribution >= 4 is 5.91 Å². The highest BCUT2D eigenvalue weighted by molar-refractivity contribution is 5.78. The van der Waals surface area contributed by atoms with Gasteiger partial charge in [-0.05, 0) is 83.6 Å². The second-order valence-electron chi connectivity index (χ2n) is 11.1. The fraction of sp³-hybridized carbons (Fsp3) is 0.840. The first kappa shape index (κ1) is 24.5. The van der Waals surface area contributed by atoms with Crippen LogP contribution in [0.15, 0.2) is 12.4 Å². The fourth-order valence-corrected chi connectivity index (χ4v) is 6.73. The van der Waals surface area contributed by atoms with Crippen LogP contribution in [-0.4, -0.2) is 52.4 Å². The third-order valence-corrected chi connectivity index (χ3v) is 8.33. The van der Waals surface area contributed by atoms with Crippen molar-refractivity contribution in [2.24, 2.45) is 30.7 Å². The number of imidazole rings is 1. The van der Waals surface area contributed by atoms with Crippen molar-refractivity contribution in [1.82, 2.24) is 30.4 Å². The summed E-state index contributed by atoms with van der Waals surface area (Å²) < 4.78 is 3.90. The number of carbonyl (C=O) groups excluding carboxylic acids is 1. The third kappa shape index (κ3) is 6.08. The molecule has 1 aromatic heterocycles. The fourth-order valence-electron chi connectivity index (χ4n) is 6.73. The number of carbonyl (C=O) groups is 1. The minimum Gasteiger partial charge on any atom is -0.353 e. The Morgan fingerprint density at radius 1 is 1.12 bits per heavy atom. The van der Waals surface area contributed by atoms with Gasteiger partial charge in [0.05, 0.1) is 6.17 Å². The number of hydrogen-bond donors (Lipinski definition) is 5. The molecular weight excluding hydrogens is 414 g/mol. The van der Waals surface area contributed by atoms with Crippen molar-refractivity contribution in [1.29, 1.82) is 5.41 Å². The number of nitrogens with zero attached hydrogens (tertiary/aromatic N) is 2. The van der Waals surface area contributed by atoms with Crippen molar-refractivity contribution in [3.63, 3.8) is 0 Å². The maximum Gasteiger partial charge on any atom is 0.223 e. The number of piperidine rings is 1. The van der Waals surface area contributed by atoms with Gasteiger partial charge in [-0.1, -0.05) is 0 Å². The predicted molar refractivity (Wildman–Crippen MR) is 130 cm³/mol. The van der Waals surface area contributed by atoms with Crippen LogP contribution in [0.4, 0.5) is 0 Å². The van der Waals surface area contributed by atoms with Crippen molar-refractivity contribution in [2.75, 3.05) is 13.1 Å². The number of aromatic nitrogens is 2. The summed E-state index contributed by atoms with van der Waals surface area (Å²) in [6.45, 7) is 9.31. The van der Waals surface area contributed by atoms with Crippen molar-refractivity contribution in [2.45, 2.75) is 90.1 Å². The van der Waals surface area contributed by atoms with E-state index >= 15 is 0 Å². The summed E-state index contributed by atoms with van der Waals surface area (Å²) in [6.07, 6.45) is 10.8. The zero-order chi connectivity index (χ0) is 23.5. The van der Waals surface area contributed by atoms with Crippen LogP contribution in [-0.2, 0) is 18.4 Å². The summed E-state index contributed by atoms with van der Waals surface area (Å²) in [4.78, 5) is 13.4. The molecule has 0 spiro atoms. The zero-order valence-electron chi connectivity index (χ0n) is 20.9. The molecule has 1 saturated carbocycles. The lowest BCUT2D eigenvalue weighted by atomic mass is 9.67. The summed E-state index contributed by atoms with van der Waals surface area (Å²) in [5.74, 6) is 1.89. The smallest absolute Gasteiger partial charge is 0.223 e. The molecule has 5 N–H and O–H groups in total. The summed E-state index contributed by atoms with van der Waals surface area (Å²) >= 11 is 0. The SMILES string of the molecule is CC1CC(C)NC(CNC(=O)C2CC(Cn3ccn(C)c3=N)CC(C3CCCNC3C)C2)N1. The Balaban J connectivity index is 1.42. The predicted octanol–water partition coefficient (Wildman–Crippen LogP) is 1.53. The summed E-state index contributed by atoms with van der Waals surface area (Å²) in [7, 11) is 1.92. The van der Waals surface area contributed by atoms with Gasteiger partial charge in [0.1, 0.15) is 0 Å². The molecule has 1 aliphatic carbocycles. The van der Waals surface area contributed by atoms with E-state index in [2.05, 4.69) is 42.0 Å². The Kier molecular flexibility index (Phi) is 7.97. The van der Waals surface area contributed by atoms with Crippen LogP contribution in [0.25, 0.3) is 0 Å². The molecule has 8 nitrogen and oxygen atoms in total. The van der Waals surface area contributed by atoms with Gasteiger partial charge in [-0.15, -0.1) is 0 Å². The van der Waals surface area contributed by atoms with Crippen molar-refractivity contribution in [3.8, 4) is 0 Å². The molecule has 33 heavy (non-hydrogen) atoms. The maximum absolute atomic E-state index is 13.4. The normalized spacial score (nSPS) is 37.6. The van der Waals surface area contributed by atoms with E-state index in [0.717, 1.165) is 38.8 Å². The van der Waals surface area contributed by atoms with Crippen LogP contribution < -0.4 is 26.9 Å². The molecule has 0 aromatic carbocycles. The van der Waals surface area contributed by atoms with E-state index in [9.17, 15) is 4.79 Å². The second-order valence-corrected chi connectivity index (χ2v) is 11.1. The molecule has 3 fully saturated rings.